The summed E-state index contributed by atoms with van der Waals surface area (Å²) in [7, 11) is 2.95. The third kappa shape index (κ3) is 3.26. The molecule has 0 spiro atoms. The molecule has 0 unspecified atom stereocenters. The molecule has 0 radical (unpaired) electrons. The molecule has 1 saturated heterocycles. The topological polar surface area (TPSA) is 108 Å². The molecule has 1 aromatic rings. The van der Waals surface area contributed by atoms with Gasteiger partial charge in [0.1, 0.15) is 6.04 Å². The van der Waals surface area contributed by atoms with Gasteiger partial charge in [-0.2, -0.15) is 5.10 Å². The van der Waals surface area contributed by atoms with Crippen LogP contribution in [-0.2, 0) is 34.0 Å². The van der Waals surface area contributed by atoms with Gasteiger partial charge >= 0.3 is 6.03 Å². The largest absolute Gasteiger partial charge is 0.351 e. The number of amides is 5. The first-order valence-electron chi connectivity index (χ1n) is 8.40. The van der Waals surface area contributed by atoms with Crippen LogP contribution in [0.4, 0.5) is 4.79 Å². The number of nitrogens with one attached hydrogen (secondary N) is 1. The van der Waals surface area contributed by atoms with E-state index in [1.807, 2.05) is 10.7 Å². The standard InChI is InChI=1S/C16H22N6O4/c1-10(23)17-8-11-6-12-9-21(4-5-22(12)18-11)14(24)7-13-15(25)20(3)16(26)19(13)2/h6,13H,4-5,7-9H2,1-3H3,(H,17,23)/t13-/m1/s1. The van der Waals surface area contributed by atoms with E-state index >= 15 is 0 Å². The molecule has 0 aliphatic carbocycles. The molecule has 2 aliphatic rings. The maximum absolute atomic E-state index is 12.6. The van der Waals surface area contributed by atoms with E-state index in [1.165, 1.54) is 25.9 Å². The SMILES string of the molecule is CC(=O)NCc1cc2n(n1)CCN(C(=O)C[C@@H]1C(=O)N(C)C(=O)N1C)C2. The number of urea groups is 1. The summed E-state index contributed by atoms with van der Waals surface area (Å²) < 4.78 is 1.82. The first-order valence-corrected chi connectivity index (χ1v) is 8.40. The summed E-state index contributed by atoms with van der Waals surface area (Å²) in [6.45, 7) is 3.22. The second-order valence-corrected chi connectivity index (χ2v) is 6.59. The zero-order valence-corrected chi connectivity index (χ0v) is 15.1. The van der Waals surface area contributed by atoms with Crippen molar-refractivity contribution in [3.63, 3.8) is 0 Å². The molecule has 1 aromatic heterocycles. The number of likely N-dealkylation sites (N-methyl/N-ethyl adjacent to an activating group) is 2. The van der Waals surface area contributed by atoms with Crippen LogP contribution in [0.2, 0.25) is 0 Å². The van der Waals surface area contributed by atoms with Gasteiger partial charge in [0, 0.05) is 27.6 Å². The Bertz CT molecular complexity index is 773. The zero-order valence-electron chi connectivity index (χ0n) is 15.1. The normalized spacial score (nSPS) is 19.8. The van der Waals surface area contributed by atoms with Crippen molar-refractivity contribution >= 4 is 23.8 Å². The predicted octanol–water partition coefficient (Wildman–Crippen LogP) is -0.856. The molecule has 1 fully saturated rings. The second-order valence-electron chi connectivity index (χ2n) is 6.59. The van der Waals surface area contributed by atoms with Gasteiger partial charge in [-0.05, 0) is 6.07 Å². The van der Waals surface area contributed by atoms with Crippen molar-refractivity contribution in [1.29, 1.82) is 0 Å². The fourth-order valence-electron chi connectivity index (χ4n) is 3.21. The minimum atomic E-state index is -0.748. The summed E-state index contributed by atoms with van der Waals surface area (Å²) in [6, 6.07) is 0.716. The number of hydrogen-bond donors (Lipinski definition) is 1. The monoisotopic (exact) mass is 362 g/mol. The molecule has 140 valence electrons. The Morgan fingerprint density at radius 3 is 2.62 bits per heavy atom. The lowest BCUT2D eigenvalue weighted by atomic mass is 10.1. The van der Waals surface area contributed by atoms with Gasteiger partial charge < -0.3 is 15.1 Å². The summed E-state index contributed by atoms with van der Waals surface area (Å²) in [5, 5.41) is 7.11. The molecule has 0 saturated carbocycles. The van der Waals surface area contributed by atoms with Crippen LogP contribution >= 0.6 is 0 Å². The van der Waals surface area contributed by atoms with Crippen LogP contribution in [0.3, 0.4) is 0 Å². The number of fused-ring (bicyclic) bond motifs is 1. The predicted molar refractivity (Wildman–Crippen MR) is 89.5 cm³/mol. The van der Waals surface area contributed by atoms with Crippen molar-refractivity contribution in [3.8, 4) is 0 Å². The first kappa shape index (κ1) is 17.9. The quantitative estimate of drug-likeness (QED) is 0.702. The fourth-order valence-corrected chi connectivity index (χ4v) is 3.21. The van der Waals surface area contributed by atoms with Crippen LogP contribution in [0.15, 0.2) is 6.07 Å². The maximum atomic E-state index is 12.6. The van der Waals surface area contributed by atoms with Crippen molar-refractivity contribution in [2.75, 3.05) is 20.6 Å². The number of carbonyl (C=O) groups is 4. The minimum Gasteiger partial charge on any atom is -0.351 e. The summed E-state index contributed by atoms with van der Waals surface area (Å²) >= 11 is 0. The highest BCUT2D eigenvalue weighted by Crippen LogP contribution is 2.20. The molecule has 3 rings (SSSR count). The Morgan fingerprint density at radius 2 is 2.00 bits per heavy atom. The molecule has 1 atom stereocenters. The molecule has 5 amide bonds. The first-order chi connectivity index (χ1) is 12.3. The average molecular weight is 362 g/mol. The highest BCUT2D eigenvalue weighted by molar-refractivity contribution is 6.05. The average Bonchev–Trinajstić information content (AvgIpc) is 3.10. The van der Waals surface area contributed by atoms with E-state index in [0.717, 1.165) is 16.3 Å². The van der Waals surface area contributed by atoms with Crippen LogP contribution in [0, 0.1) is 0 Å². The number of hydrogen-bond acceptors (Lipinski definition) is 5. The zero-order chi connectivity index (χ0) is 19.0. The summed E-state index contributed by atoms with van der Waals surface area (Å²) in [5.74, 6) is -0.655. The van der Waals surface area contributed by atoms with Crippen LogP contribution in [0.25, 0.3) is 0 Å². The Morgan fingerprint density at radius 1 is 1.27 bits per heavy atom. The van der Waals surface area contributed by atoms with E-state index in [9.17, 15) is 19.2 Å². The fraction of sp³-hybridized carbons (Fsp3) is 0.562. The molecule has 0 bridgehead atoms. The van der Waals surface area contributed by atoms with Gasteiger partial charge in [0.25, 0.3) is 5.91 Å². The van der Waals surface area contributed by atoms with Gasteiger partial charge in [0.15, 0.2) is 0 Å². The smallest absolute Gasteiger partial charge is 0.326 e. The maximum Gasteiger partial charge on any atom is 0.326 e. The van der Waals surface area contributed by atoms with Gasteiger partial charge in [-0.3, -0.25) is 24.0 Å². The lowest BCUT2D eigenvalue weighted by molar-refractivity contribution is -0.137. The highest BCUT2D eigenvalue weighted by Gasteiger charge is 2.42. The van der Waals surface area contributed by atoms with Gasteiger partial charge in [0.2, 0.25) is 11.8 Å². The molecular formula is C16H22N6O4. The van der Waals surface area contributed by atoms with Gasteiger partial charge in [-0.1, -0.05) is 0 Å². The number of nitrogens with zero attached hydrogens (tertiary/aromatic N) is 5. The molecule has 3 heterocycles. The van der Waals surface area contributed by atoms with Crippen molar-refractivity contribution in [3.05, 3.63) is 17.5 Å². The lowest BCUT2D eigenvalue weighted by Gasteiger charge is -2.29. The van der Waals surface area contributed by atoms with Crippen molar-refractivity contribution in [2.24, 2.45) is 0 Å². The number of rotatable bonds is 4. The Labute approximate surface area is 150 Å². The second kappa shape index (κ2) is 6.77. The summed E-state index contributed by atoms with van der Waals surface area (Å²) in [6.07, 6.45) is -0.0295. The van der Waals surface area contributed by atoms with Crippen molar-refractivity contribution < 1.29 is 19.2 Å². The Hall–Kier alpha value is -2.91. The molecule has 1 N–H and O–H groups in total. The highest BCUT2D eigenvalue weighted by atomic mass is 16.2. The number of imide groups is 1. The molecule has 26 heavy (non-hydrogen) atoms. The number of aromatic nitrogens is 2. The van der Waals surface area contributed by atoms with E-state index < -0.39 is 12.1 Å². The van der Waals surface area contributed by atoms with Crippen LogP contribution < -0.4 is 5.32 Å². The summed E-state index contributed by atoms with van der Waals surface area (Å²) in [5.41, 5.74) is 1.62. The molecule has 10 heteroatoms. The molecular weight excluding hydrogens is 340 g/mol. The van der Waals surface area contributed by atoms with E-state index in [-0.39, 0.29) is 24.1 Å². The minimum absolute atomic E-state index is 0.0295. The Balaban J connectivity index is 1.63. The van der Waals surface area contributed by atoms with Crippen molar-refractivity contribution in [2.45, 2.75) is 39.0 Å². The van der Waals surface area contributed by atoms with Gasteiger partial charge in [-0.15, -0.1) is 0 Å². The van der Waals surface area contributed by atoms with E-state index in [1.54, 1.807) is 4.90 Å². The van der Waals surface area contributed by atoms with Gasteiger partial charge in [0.05, 0.1) is 37.4 Å². The van der Waals surface area contributed by atoms with E-state index in [4.69, 9.17) is 0 Å². The third-order valence-corrected chi connectivity index (χ3v) is 4.76. The van der Waals surface area contributed by atoms with Crippen molar-refractivity contribution in [1.82, 2.24) is 29.8 Å². The van der Waals surface area contributed by atoms with E-state index in [2.05, 4.69) is 10.4 Å². The van der Waals surface area contributed by atoms with Crippen LogP contribution in [0.5, 0.6) is 0 Å². The number of carbonyl (C=O) groups excluding carboxylic acids is 4. The lowest BCUT2D eigenvalue weighted by Crippen LogP contribution is -2.42. The molecule has 0 aromatic carbocycles. The molecule has 10 nitrogen and oxygen atoms in total. The molecule has 2 aliphatic heterocycles. The summed E-state index contributed by atoms with van der Waals surface area (Å²) in [4.78, 5) is 51.6. The van der Waals surface area contributed by atoms with Gasteiger partial charge in [-0.25, -0.2) is 4.79 Å². The Kier molecular flexibility index (Phi) is 4.66. The van der Waals surface area contributed by atoms with E-state index in [0.29, 0.717) is 26.2 Å². The van der Waals surface area contributed by atoms with Crippen LogP contribution in [0.1, 0.15) is 24.7 Å². The van der Waals surface area contributed by atoms with Crippen LogP contribution in [-0.4, -0.2) is 74.9 Å². The third-order valence-electron chi connectivity index (χ3n) is 4.76.